The first-order valence-corrected chi connectivity index (χ1v) is 6.03. The molecular formula is C14H7F7O2. The van der Waals surface area contributed by atoms with Gasteiger partial charge in [-0.25, -0.2) is 22.0 Å². The van der Waals surface area contributed by atoms with E-state index in [2.05, 4.69) is 0 Å². The lowest BCUT2D eigenvalue weighted by Gasteiger charge is -2.26. The van der Waals surface area contributed by atoms with Gasteiger partial charge in [-0.2, -0.15) is 8.78 Å². The number of hydrogen-bond acceptors (Lipinski definition) is 2. The van der Waals surface area contributed by atoms with Crippen LogP contribution >= 0.6 is 0 Å². The highest BCUT2D eigenvalue weighted by molar-refractivity contribution is 5.80. The van der Waals surface area contributed by atoms with Crippen LogP contribution in [0.3, 0.4) is 0 Å². The van der Waals surface area contributed by atoms with Crippen LogP contribution in [-0.2, 0) is 4.79 Å². The number of rotatable bonds is 4. The van der Waals surface area contributed by atoms with Crippen molar-refractivity contribution in [2.24, 2.45) is 0 Å². The molecule has 0 fully saturated rings. The molecule has 0 saturated heterocycles. The first kappa shape index (κ1) is 17.0. The molecule has 1 aromatic carbocycles. The highest BCUT2D eigenvalue weighted by atomic mass is 19.3. The van der Waals surface area contributed by atoms with Crippen molar-refractivity contribution in [2.75, 3.05) is 6.61 Å². The molecule has 9 heteroatoms. The SMILES string of the molecule is O=CC1=C(COc2cc(F)c(F)c(F)c2)C(F)C(F)(F)C(F)=C1. The van der Waals surface area contributed by atoms with Crippen LogP contribution in [0.2, 0.25) is 0 Å². The first-order chi connectivity index (χ1) is 10.7. The molecule has 1 aromatic rings. The largest absolute Gasteiger partial charge is 0.489 e. The van der Waals surface area contributed by atoms with Crippen molar-refractivity contribution in [1.29, 1.82) is 0 Å². The number of aldehydes is 1. The van der Waals surface area contributed by atoms with Crippen LogP contribution in [-0.4, -0.2) is 25.0 Å². The van der Waals surface area contributed by atoms with E-state index in [0.717, 1.165) is 0 Å². The Hall–Kier alpha value is -2.32. The van der Waals surface area contributed by atoms with Crippen LogP contribution in [0.5, 0.6) is 5.75 Å². The summed E-state index contributed by atoms with van der Waals surface area (Å²) in [4.78, 5) is 10.7. The van der Waals surface area contributed by atoms with Gasteiger partial charge >= 0.3 is 5.92 Å². The van der Waals surface area contributed by atoms with Crippen molar-refractivity contribution >= 4 is 6.29 Å². The molecule has 0 amide bonds. The van der Waals surface area contributed by atoms with Gasteiger partial charge in [0.2, 0.25) is 0 Å². The molecule has 0 spiro atoms. The number of hydrogen-bond donors (Lipinski definition) is 0. The molecule has 2 nitrogen and oxygen atoms in total. The van der Waals surface area contributed by atoms with Gasteiger partial charge in [-0.3, -0.25) is 4.79 Å². The summed E-state index contributed by atoms with van der Waals surface area (Å²) in [5.41, 5.74) is -1.62. The average molecular weight is 340 g/mol. The maximum atomic E-state index is 13.7. The molecule has 1 unspecified atom stereocenters. The van der Waals surface area contributed by atoms with E-state index >= 15 is 0 Å². The second kappa shape index (κ2) is 6.05. The van der Waals surface area contributed by atoms with Gasteiger partial charge in [0.1, 0.15) is 18.6 Å². The minimum atomic E-state index is -4.50. The summed E-state index contributed by atoms with van der Waals surface area (Å²) in [6, 6.07) is 0.814. The number of alkyl halides is 3. The molecular weight excluding hydrogens is 333 g/mol. The van der Waals surface area contributed by atoms with E-state index < -0.39 is 58.9 Å². The fraction of sp³-hybridized carbons (Fsp3) is 0.214. The van der Waals surface area contributed by atoms with Gasteiger partial charge in [0.05, 0.1) is 0 Å². The van der Waals surface area contributed by atoms with Crippen molar-refractivity contribution in [3.05, 3.63) is 52.6 Å². The van der Waals surface area contributed by atoms with E-state index in [0.29, 0.717) is 12.1 Å². The van der Waals surface area contributed by atoms with E-state index in [4.69, 9.17) is 4.74 Å². The van der Waals surface area contributed by atoms with Crippen LogP contribution in [0, 0.1) is 17.5 Å². The Kier molecular flexibility index (Phi) is 4.49. The number of ether oxygens (including phenoxy) is 1. The van der Waals surface area contributed by atoms with Crippen molar-refractivity contribution in [3.63, 3.8) is 0 Å². The van der Waals surface area contributed by atoms with Gasteiger partial charge in [0.25, 0.3) is 0 Å². The normalized spacial score (nSPS) is 20.3. The Labute approximate surface area is 124 Å². The molecule has 1 atom stereocenters. The zero-order chi connectivity index (χ0) is 17.4. The zero-order valence-electron chi connectivity index (χ0n) is 11.1. The molecule has 0 aromatic heterocycles. The van der Waals surface area contributed by atoms with E-state index in [1.807, 2.05) is 0 Å². The topological polar surface area (TPSA) is 26.3 Å². The molecule has 23 heavy (non-hydrogen) atoms. The van der Waals surface area contributed by atoms with Crippen LogP contribution in [0.4, 0.5) is 30.7 Å². The Balaban J connectivity index is 2.29. The predicted molar refractivity (Wildman–Crippen MR) is 63.9 cm³/mol. The maximum absolute atomic E-state index is 13.7. The van der Waals surface area contributed by atoms with Crippen LogP contribution < -0.4 is 4.74 Å². The monoisotopic (exact) mass is 340 g/mol. The second-order valence-corrected chi connectivity index (χ2v) is 4.57. The zero-order valence-corrected chi connectivity index (χ0v) is 11.1. The summed E-state index contributed by atoms with van der Waals surface area (Å²) in [5, 5.41) is 0. The van der Waals surface area contributed by atoms with Crippen molar-refractivity contribution < 1.29 is 40.3 Å². The van der Waals surface area contributed by atoms with Gasteiger partial charge in [-0.05, 0) is 6.08 Å². The molecule has 0 heterocycles. The van der Waals surface area contributed by atoms with E-state index in [1.54, 1.807) is 0 Å². The molecule has 0 N–H and O–H groups in total. The molecule has 2 rings (SSSR count). The molecule has 1 aliphatic carbocycles. The third-order valence-corrected chi connectivity index (χ3v) is 3.07. The summed E-state index contributed by atoms with van der Waals surface area (Å²) < 4.78 is 96.7. The quantitative estimate of drug-likeness (QED) is 0.473. The molecule has 1 aliphatic rings. The maximum Gasteiger partial charge on any atom is 0.333 e. The predicted octanol–water partition coefficient (Wildman–Crippen LogP) is 3.82. The number of carbonyl (C=O) groups is 1. The molecule has 0 aliphatic heterocycles. The van der Waals surface area contributed by atoms with Crippen LogP contribution in [0.1, 0.15) is 0 Å². The number of allylic oxidation sites excluding steroid dienone is 3. The third-order valence-electron chi connectivity index (χ3n) is 3.07. The van der Waals surface area contributed by atoms with E-state index in [9.17, 15) is 35.5 Å². The Morgan fingerprint density at radius 3 is 2.22 bits per heavy atom. The highest BCUT2D eigenvalue weighted by Crippen LogP contribution is 2.40. The fourth-order valence-corrected chi connectivity index (χ4v) is 1.85. The van der Waals surface area contributed by atoms with Gasteiger partial charge in [0, 0.05) is 23.3 Å². The van der Waals surface area contributed by atoms with Crippen molar-refractivity contribution in [2.45, 2.75) is 12.1 Å². The lowest BCUT2D eigenvalue weighted by Crippen LogP contribution is -2.37. The average Bonchev–Trinajstić information content (AvgIpc) is 2.49. The number of halogens is 7. The van der Waals surface area contributed by atoms with Gasteiger partial charge in [-0.1, -0.05) is 0 Å². The first-order valence-electron chi connectivity index (χ1n) is 6.03. The minimum Gasteiger partial charge on any atom is -0.489 e. The smallest absolute Gasteiger partial charge is 0.333 e. The van der Waals surface area contributed by atoms with E-state index in [1.165, 1.54) is 0 Å². The lowest BCUT2D eigenvalue weighted by molar-refractivity contribution is -0.105. The van der Waals surface area contributed by atoms with Crippen molar-refractivity contribution in [3.8, 4) is 5.75 Å². The molecule has 124 valence electrons. The Morgan fingerprint density at radius 2 is 1.70 bits per heavy atom. The van der Waals surface area contributed by atoms with Gasteiger partial charge in [-0.15, -0.1) is 0 Å². The van der Waals surface area contributed by atoms with Gasteiger partial charge in [0.15, 0.2) is 29.5 Å². The number of carbonyl (C=O) groups excluding carboxylic acids is 1. The third kappa shape index (κ3) is 3.08. The van der Waals surface area contributed by atoms with Gasteiger partial charge < -0.3 is 4.74 Å². The fourth-order valence-electron chi connectivity index (χ4n) is 1.85. The van der Waals surface area contributed by atoms with E-state index in [-0.39, 0.29) is 12.4 Å². The van der Waals surface area contributed by atoms with Crippen LogP contribution in [0.15, 0.2) is 35.2 Å². The standard InChI is InChI=1S/C14H7F7O2/c15-9-2-7(3-10(16)12(9)18)23-5-8-6(4-22)1-11(17)14(20,21)13(8)19/h1-4,13H,5H2. The summed E-state index contributed by atoms with van der Waals surface area (Å²) in [6.45, 7) is -1.01. The summed E-state index contributed by atoms with van der Waals surface area (Å²) >= 11 is 0. The highest BCUT2D eigenvalue weighted by Gasteiger charge is 2.50. The molecule has 0 radical (unpaired) electrons. The lowest BCUT2D eigenvalue weighted by atomic mass is 9.93. The summed E-state index contributed by atoms with van der Waals surface area (Å²) in [7, 11) is 0. The summed E-state index contributed by atoms with van der Waals surface area (Å²) in [5.74, 6) is -12.2. The van der Waals surface area contributed by atoms with Crippen LogP contribution in [0.25, 0.3) is 0 Å². The van der Waals surface area contributed by atoms with Crippen molar-refractivity contribution in [1.82, 2.24) is 0 Å². The molecule has 0 bridgehead atoms. The molecule has 0 saturated carbocycles. The summed E-state index contributed by atoms with van der Waals surface area (Å²) in [6.07, 6.45) is -3.11. The minimum absolute atomic E-state index is 0.0636. The Morgan fingerprint density at radius 1 is 1.13 bits per heavy atom. The Bertz CT molecular complexity index is 686. The second-order valence-electron chi connectivity index (χ2n) is 4.57. The number of benzene rings is 1.